The van der Waals surface area contributed by atoms with Gasteiger partial charge in [0.2, 0.25) is 0 Å². The number of carboxylic acid groups (broad SMARTS) is 1. The molecular formula is C14H29N3O2. The van der Waals surface area contributed by atoms with Gasteiger partial charge in [-0.1, -0.05) is 0 Å². The first-order valence-electron chi connectivity index (χ1n) is 7.13. The van der Waals surface area contributed by atoms with Gasteiger partial charge in [-0.15, -0.1) is 0 Å². The fourth-order valence-electron chi connectivity index (χ4n) is 2.86. The van der Waals surface area contributed by atoms with E-state index in [2.05, 4.69) is 36.1 Å². The fourth-order valence-corrected chi connectivity index (χ4v) is 2.86. The maximum absolute atomic E-state index is 11.3. The maximum atomic E-state index is 11.3. The summed E-state index contributed by atoms with van der Waals surface area (Å²) in [6, 6.07) is 0.954. The van der Waals surface area contributed by atoms with Crippen molar-refractivity contribution in [2.45, 2.75) is 50.7 Å². The predicted octanol–water partition coefficient (Wildman–Crippen LogP) is 0.854. The summed E-state index contributed by atoms with van der Waals surface area (Å²) in [4.78, 5) is 16.0. The average Bonchev–Trinajstić information content (AvgIpc) is 2.38. The van der Waals surface area contributed by atoms with Crippen LogP contribution in [-0.4, -0.2) is 72.7 Å². The summed E-state index contributed by atoms with van der Waals surface area (Å²) in [5.74, 6) is -0.773. The first-order chi connectivity index (χ1) is 8.80. The summed E-state index contributed by atoms with van der Waals surface area (Å²) in [5.41, 5.74) is -0.836. The molecule has 0 aliphatic carbocycles. The second kappa shape index (κ2) is 6.68. The Hall–Kier alpha value is -0.650. The number of carbonyl (C=O) groups is 1. The van der Waals surface area contributed by atoms with Crippen molar-refractivity contribution in [3.8, 4) is 0 Å². The zero-order valence-corrected chi connectivity index (χ0v) is 12.9. The van der Waals surface area contributed by atoms with E-state index in [4.69, 9.17) is 0 Å². The number of likely N-dealkylation sites (N-methyl/N-ethyl adjacent to an activating group) is 1. The molecule has 1 aliphatic heterocycles. The van der Waals surface area contributed by atoms with Gasteiger partial charge >= 0.3 is 5.97 Å². The molecule has 1 aliphatic rings. The van der Waals surface area contributed by atoms with Gasteiger partial charge in [0.15, 0.2) is 0 Å². The van der Waals surface area contributed by atoms with E-state index in [1.807, 2.05) is 0 Å². The maximum Gasteiger partial charge on any atom is 0.323 e. The van der Waals surface area contributed by atoms with Crippen LogP contribution in [0.5, 0.6) is 0 Å². The molecule has 0 spiro atoms. The van der Waals surface area contributed by atoms with Gasteiger partial charge < -0.3 is 20.2 Å². The fraction of sp³-hybridized carbons (Fsp3) is 0.929. The van der Waals surface area contributed by atoms with Crippen LogP contribution >= 0.6 is 0 Å². The van der Waals surface area contributed by atoms with Crippen molar-refractivity contribution in [2.75, 3.05) is 34.2 Å². The van der Waals surface area contributed by atoms with E-state index in [-0.39, 0.29) is 6.04 Å². The van der Waals surface area contributed by atoms with Gasteiger partial charge in [0.05, 0.1) is 0 Å². The molecule has 5 heteroatoms. The Morgan fingerprint density at radius 3 is 2.37 bits per heavy atom. The predicted molar refractivity (Wildman–Crippen MR) is 77.5 cm³/mol. The van der Waals surface area contributed by atoms with E-state index < -0.39 is 11.5 Å². The third kappa shape index (κ3) is 4.16. The number of aliphatic carboxylic acids is 1. The molecule has 0 aromatic heterocycles. The first-order valence-corrected chi connectivity index (χ1v) is 7.13. The largest absolute Gasteiger partial charge is 0.480 e. The summed E-state index contributed by atoms with van der Waals surface area (Å²) in [5, 5.41) is 12.2. The van der Waals surface area contributed by atoms with Crippen LogP contribution in [0.1, 0.15) is 33.1 Å². The molecule has 2 atom stereocenters. The molecule has 5 nitrogen and oxygen atoms in total. The second-order valence-corrected chi connectivity index (χ2v) is 6.17. The summed E-state index contributed by atoms with van der Waals surface area (Å²) in [6.45, 7) is 6.01. The molecule has 0 bridgehead atoms. The van der Waals surface area contributed by atoms with Crippen LogP contribution in [0.25, 0.3) is 0 Å². The molecule has 1 rings (SSSR count). The Morgan fingerprint density at radius 2 is 2.00 bits per heavy atom. The Morgan fingerprint density at radius 1 is 1.47 bits per heavy atom. The molecule has 0 aromatic rings. The number of likely N-dealkylation sites (tertiary alicyclic amines) is 1. The van der Waals surface area contributed by atoms with Crippen LogP contribution in [0.2, 0.25) is 0 Å². The van der Waals surface area contributed by atoms with Gasteiger partial charge in [-0.2, -0.15) is 0 Å². The lowest BCUT2D eigenvalue weighted by molar-refractivity contribution is -0.144. The molecule has 0 aromatic carbocycles. The highest BCUT2D eigenvalue weighted by Gasteiger charge is 2.35. The van der Waals surface area contributed by atoms with Crippen molar-refractivity contribution in [1.82, 2.24) is 15.1 Å². The van der Waals surface area contributed by atoms with E-state index in [0.717, 1.165) is 13.1 Å². The smallest absolute Gasteiger partial charge is 0.323 e. The summed E-state index contributed by atoms with van der Waals surface area (Å²) in [7, 11) is 5.98. The van der Waals surface area contributed by atoms with Crippen molar-refractivity contribution >= 4 is 5.97 Å². The van der Waals surface area contributed by atoms with Crippen molar-refractivity contribution in [3.05, 3.63) is 0 Å². The number of carboxylic acids is 1. The normalized spacial score (nSPS) is 23.3. The van der Waals surface area contributed by atoms with E-state index >= 15 is 0 Å². The molecule has 1 fully saturated rings. The third-order valence-electron chi connectivity index (χ3n) is 4.58. The molecule has 112 valence electrons. The SMILES string of the molecule is CNC(C)(CC(C)N1CCC(N(C)C)CC1)C(=O)O. The van der Waals surface area contributed by atoms with Crippen molar-refractivity contribution in [3.63, 3.8) is 0 Å². The van der Waals surface area contributed by atoms with Gasteiger partial charge in [-0.25, -0.2) is 0 Å². The van der Waals surface area contributed by atoms with Gasteiger partial charge in [-0.3, -0.25) is 4.79 Å². The Bertz CT molecular complexity index is 301. The summed E-state index contributed by atoms with van der Waals surface area (Å²) >= 11 is 0. The molecule has 1 heterocycles. The highest BCUT2D eigenvalue weighted by atomic mass is 16.4. The lowest BCUT2D eigenvalue weighted by Gasteiger charge is -2.40. The lowest BCUT2D eigenvalue weighted by atomic mass is 9.91. The Balaban J connectivity index is 2.51. The Kier molecular flexibility index (Phi) is 5.77. The average molecular weight is 271 g/mol. The van der Waals surface area contributed by atoms with Crippen LogP contribution in [0.3, 0.4) is 0 Å². The van der Waals surface area contributed by atoms with E-state index in [1.54, 1.807) is 14.0 Å². The first kappa shape index (κ1) is 16.4. The van der Waals surface area contributed by atoms with Gasteiger partial charge in [0.1, 0.15) is 5.54 Å². The lowest BCUT2D eigenvalue weighted by Crippen LogP contribution is -2.53. The molecule has 0 radical (unpaired) electrons. The van der Waals surface area contributed by atoms with Gasteiger partial charge in [0, 0.05) is 12.1 Å². The Labute approximate surface area is 117 Å². The van der Waals surface area contributed by atoms with Crippen LogP contribution < -0.4 is 5.32 Å². The summed E-state index contributed by atoms with van der Waals surface area (Å²) < 4.78 is 0. The van der Waals surface area contributed by atoms with Crippen molar-refractivity contribution in [1.29, 1.82) is 0 Å². The van der Waals surface area contributed by atoms with E-state index in [9.17, 15) is 9.90 Å². The van der Waals surface area contributed by atoms with Crippen molar-refractivity contribution in [2.24, 2.45) is 0 Å². The molecular weight excluding hydrogens is 242 g/mol. The van der Waals surface area contributed by atoms with Crippen LogP contribution in [0, 0.1) is 0 Å². The van der Waals surface area contributed by atoms with E-state index in [1.165, 1.54) is 12.8 Å². The molecule has 2 N–H and O–H groups in total. The zero-order chi connectivity index (χ0) is 14.6. The van der Waals surface area contributed by atoms with Crippen LogP contribution in [-0.2, 0) is 4.79 Å². The highest BCUT2D eigenvalue weighted by molar-refractivity contribution is 5.78. The quantitative estimate of drug-likeness (QED) is 0.750. The minimum absolute atomic E-state index is 0.289. The monoisotopic (exact) mass is 271 g/mol. The second-order valence-electron chi connectivity index (χ2n) is 6.17. The van der Waals surface area contributed by atoms with Crippen molar-refractivity contribution < 1.29 is 9.90 Å². The van der Waals surface area contributed by atoms with Crippen LogP contribution in [0.15, 0.2) is 0 Å². The molecule has 19 heavy (non-hydrogen) atoms. The molecule has 0 saturated carbocycles. The van der Waals surface area contributed by atoms with Crippen LogP contribution in [0.4, 0.5) is 0 Å². The molecule has 0 amide bonds. The number of rotatable bonds is 6. The number of piperidine rings is 1. The standard InChI is InChI=1S/C14H29N3O2/c1-11(10-14(2,15-3)13(18)19)17-8-6-12(7-9-17)16(4)5/h11-12,15H,6-10H2,1-5H3,(H,18,19). The van der Waals surface area contributed by atoms with E-state index in [0.29, 0.717) is 12.5 Å². The van der Waals surface area contributed by atoms with Gasteiger partial charge in [0.25, 0.3) is 0 Å². The zero-order valence-electron chi connectivity index (χ0n) is 12.9. The third-order valence-corrected chi connectivity index (χ3v) is 4.58. The minimum atomic E-state index is -0.836. The van der Waals surface area contributed by atoms with Gasteiger partial charge in [-0.05, 0) is 67.3 Å². The number of nitrogens with one attached hydrogen (secondary N) is 1. The molecule has 1 saturated heterocycles. The summed E-state index contributed by atoms with van der Waals surface area (Å²) in [6.07, 6.45) is 2.97. The number of hydrogen-bond acceptors (Lipinski definition) is 4. The number of hydrogen-bond donors (Lipinski definition) is 2. The highest BCUT2D eigenvalue weighted by Crippen LogP contribution is 2.21. The topological polar surface area (TPSA) is 55.8 Å². The number of nitrogens with zero attached hydrogens (tertiary/aromatic N) is 2. The minimum Gasteiger partial charge on any atom is -0.480 e. The molecule has 2 unspecified atom stereocenters.